The Kier molecular flexibility index (Phi) is 45.6. The number of esters is 2. The fourth-order valence-electron chi connectivity index (χ4n) is 6.57. The molecule has 0 heterocycles. The van der Waals surface area contributed by atoms with Crippen molar-refractivity contribution in [3.63, 3.8) is 0 Å². The van der Waals surface area contributed by atoms with E-state index in [4.69, 9.17) is 18.5 Å². The van der Waals surface area contributed by atoms with E-state index in [-0.39, 0.29) is 32.0 Å². The number of carbonyl (C=O) groups is 2. The Morgan fingerprint density at radius 3 is 1.24 bits per heavy atom. The molecule has 62 heavy (non-hydrogen) atoms. The second-order valence-electron chi connectivity index (χ2n) is 16.1. The van der Waals surface area contributed by atoms with Gasteiger partial charge < -0.3 is 14.4 Å². The number of ether oxygens (including phenoxy) is 2. The molecule has 356 valence electrons. The zero-order valence-electron chi connectivity index (χ0n) is 39.7. The van der Waals surface area contributed by atoms with Crippen molar-refractivity contribution in [1.29, 1.82) is 0 Å². The Morgan fingerprint density at radius 1 is 0.452 bits per heavy atom. The average Bonchev–Trinajstić information content (AvgIpc) is 3.25. The number of rotatable bonds is 45. The lowest BCUT2D eigenvalue weighted by Gasteiger charge is -2.19. The van der Waals surface area contributed by atoms with Crippen LogP contribution in [0.3, 0.4) is 0 Å². The van der Waals surface area contributed by atoms with Crippen LogP contribution in [0.5, 0.6) is 0 Å². The summed E-state index contributed by atoms with van der Waals surface area (Å²) in [4.78, 5) is 34.9. The molecule has 0 saturated heterocycles. The number of hydrogen-bond acceptors (Lipinski definition) is 7. The Morgan fingerprint density at radius 2 is 0.823 bits per heavy atom. The molecule has 2 atom stereocenters. The van der Waals surface area contributed by atoms with Gasteiger partial charge in [-0.25, -0.2) is 4.57 Å². The third-order valence-electron chi connectivity index (χ3n) is 10.2. The third kappa shape index (κ3) is 46.7. The maximum atomic E-state index is 12.6. The van der Waals surface area contributed by atoms with E-state index in [1.54, 1.807) is 6.92 Å². The fraction of sp³-hybridized carbons (Fsp3) is 0.698. The molecule has 0 radical (unpaired) electrons. The molecule has 9 heteroatoms. The van der Waals surface area contributed by atoms with Crippen LogP contribution in [0.1, 0.15) is 213 Å². The molecule has 0 bridgehead atoms. The van der Waals surface area contributed by atoms with E-state index < -0.39 is 26.5 Å². The van der Waals surface area contributed by atoms with Gasteiger partial charge in [0, 0.05) is 12.8 Å². The molecule has 8 nitrogen and oxygen atoms in total. The summed E-state index contributed by atoms with van der Waals surface area (Å²) in [7, 11) is -4.30. The smallest absolute Gasteiger partial charge is 0.462 e. The standard InChI is InChI=1S/C53H91O8P/c1-4-7-9-11-13-15-17-19-21-23-25-26-27-28-30-32-34-36-38-40-42-44-46-48-53(55)61-51(50-60-62(56,57)59-6-3)49-58-52(54)47-45-43-41-39-37-35-33-31-29-24-22-20-18-16-14-12-10-8-5-2/h7,9,13-16,19-22,25-26,29,31,51H,4-6,8,10-12,17-18,23-24,27-28,30,32-50H2,1-3H3,(H,56,57)/b9-7-,15-13-,16-14-,21-19-,22-20-,26-25-,31-29-. The van der Waals surface area contributed by atoms with Gasteiger partial charge >= 0.3 is 19.8 Å². The summed E-state index contributed by atoms with van der Waals surface area (Å²) in [6.45, 7) is 5.32. The van der Waals surface area contributed by atoms with E-state index in [1.165, 1.54) is 77.0 Å². The van der Waals surface area contributed by atoms with Gasteiger partial charge in [-0.2, -0.15) is 0 Å². The first-order chi connectivity index (χ1) is 30.3. The Bertz CT molecular complexity index is 1280. The minimum atomic E-state index is -4.30. The van der Waals surface area contributed by atoms with Gasteiger partial charge in [0.1, 0.15) is 6.61 Å². The van der Waals surface area contributed by atoms with Crippen LogP contribution < -0.4 is 0 Å². The summed E-state index contributed by atoms with van der Waals surface area (Å²) in [6, 6.07) is 0. The first-order valence-corrected chi connectivity index (χ1v) is 26.4. The first kappa shape index (κ1) is 59.2. The van der Waals surface area contributed by atoms with Gasteiger partial charge in [0.15, 0.2) is 6.10 Å². The molecule has 0 aliphatic carbocycles. The van der Waals surface area contributed by atoms with Gasteiger partial charge in [-0.15, -0.1) is 0 Å². The van der Waals surface area contributed by atoms with Crippen molar-refractivity contribution in [3.8, 4) is 0 Å². The van der Waals surface area contributed by atoms with Crippen molar-refractivity contribution in [1.82, 2.24) is 0 Å². The second-order valence-corrected chi connectivity index (χ2v) is 17.5. The van der Waals surface area contributed by atoms with E-state index in [2.05, 4.69) is 98.9 Å². The average molecular weight is 887 g/mol. The molecular weight excluding hydrogens is 796 g/mol. The van der Waals surface area contributed by atoms with Crippen LogP contribution in [-0.4, -0.2) is 42.8 Å². The van der Waals surface area contributed by atoms with Crippen molar-refractivity contribution >= 4 is 19.8 Å². The molecule has 2 unspecified atom stereocenters. The summed E-state index contributed by atoms with van der Waals surface area (Å²) in [5.41, 5.74) is 0. The molecule has 0 aromatic rings. The molecule has 0 aromatic carbocycles. The quantitative estimate of drug-likeness (QED) is 0.0279. The van der Waals surface area contributed by atoms with E-state index in [1.807, 2.05) is 0 Å². The number of unbranched alkanes of at least 4 members (excludes halogenated alkanes) is 19. The lowest BCUT2D eigenvalue weighted by atomic mass is 10.0. The molecule has 0 aromatic heterocycles. The summed E-state index contributed by atoms with van der Waals surface area (Å²) in [5.74, 6) is -0.819. The molecule has 0 amide bonds. The number of hydrogen-bond donors (Lipinski definition) is 1. The number of allylic oxidation sites excluding steroid dienone is 14. The summed E-state index contributed by atoms with van der Waals surface area (Å²) < 4.78 is 32.8. The number of carbonyl (C=O) groups excluding carboxylic acids is 2. The van der Waals surface area contributed by atoms with Gasteiger partial charge in [0.25, 0.3) is 0 Å². The second kappa shape index (κ2) is 47.7. The molecular formula is C53H91O8P. The molecule has 0 aliphatic rings. The molecule has 0 fully saturated rings. The molecule has 0 aliphatic heterocycles. The van der Waals surface area contributed by atoms with Gasteiger partial charge in [0.05, 0.1) is 13.2 Å². The third-order valence-corrected chi connectivity index (χ3v) is 11.2. The molecule has 0 spiro atoms. The lowest BCUT2D eigenvalue weighted by molar-refractivity contribution is -0.161. The highest BCUT2D eigenvalue weighted by atomic mass is 31.2. The zero-order chi connectivity index (χ0) is 45.3. The normalized spacial score (nSPS) is 13.9. The SMILES string of the molecule is CC/C=C\C/C=C\C/C=C\C/C=C\CCCCCCCCCCCCC(=O)OC(COC(=O)CCCCCCCC/C=C\C/C=C\C/C=C\CCCCC)COP(=O)(O)OCC. The van der Waals surface area contributed by atoms with Crippen LogP contribution in [0.25, 0.3) is 0 Å². The van der Waals surface area contributed by atoms with Crippen LogP contribution >= 0.6 is 7.82 Å². The highest BCUT2D eigenvalue weighted by Crippen LogP contribution is 2.43. The highest BCUT2D eigenvalue weighted by Gasteiger charge is 2.25. The van der Waals surface area contributed by atoms with Crippen LogP contribution in [0, 0.1) is 0 Å². The summed E-state index contributed by atoms with van der Waals surface area (Å²) >= 11 is 0. The van der Waals surface area contributed by atoms with Gasteiger partial charge in [-0.1, -0.05) is 189 Å². The predicted octanol–water partition coefficient (Wildman–Crippen LogP) is 16.2. The monoisotopic (exact) mass is 887 g/mol. The predicted molar refractivity (Wildman–Crippen MR) is 262 cm³/mol. The minimum Gasteiger partial charge on any atom is -0.462 e. The number of phosphoric acid groups is 1. The van der Waals surface area contributed by atoms with Crippen LogP contribution in [0.15, 0.2) is 85.1 Å². The molecule has 1 N–H and O–H groups in total. The Labute approximate surface area is 380 Å². The Hall–Kier alpha value is -2.77. The maximum Gasteiger partial charge on any atom is 0.472 e. The van der Waals surface area contributed by atoms with Crippen LogP contribution in [0.4, 0.5) is 0 Å². The van der Waals surface area contributed by atoms with Crippen LogP contribution in [0.2, 0.25) is 0 Å². The first-order valence-electron chi connectivity index (χ1n) is 24.9. The van der Waals surface area contributed by atoms with Crippen molar-refractivity contribution in [2.75, 3.05) is 19.8 Å². The van der Waals surface area contributed by atoms with Crippen molar-refractivity contribution in [2.45, 2.75) is 219 Å². The summed E-state index contributed by atoms with van der Waals surface area (Å²) in [5, 5.41) is 0. The lowest BCUT2D eigenvalue weighted by Crippen LogP contribution is -2.29. The zero-order valence-corrected chi connectivity index (χ0v) is 40.6. The van der Waals surface area contributed by atoms with Crippen LogP contribution in [-0.2, 0) is 32.7 Å². The number of phosphoric ester groups is 1. The largest absolute Gasteiger partial charge is 0.472 e. The fourth-order valence-corrected chi connectivity index (χ4v) is 7.32. The van der Waals surface area contributed by atoms with Crippen molar-refractivity contribution in [2.24, 2.45) is 0 Å². The molecule has 0 rings (SSSR count). The van der Waals surface area contributed by atoms with Gasteiger partial charge in [-0.3, -0.25) is 18.6 Å². The summed E-state index contributed by atoms with van der Waals surface area (Å²) in [6.07, 6.45) is 62.1. The van der Waals surface area contributed by atoms with Gasteiger partial charge in [-0.05, 0) is 96.8 Å². The van der Waals surface area contributed by atoms with E-state index in [0.717, 1.165) is 96.3 Å². The van der Waals surface area contributed by atoms with E-state index in [0.29, 0.717) is 6.42 Å². The van der Waals surface area contributed by atoms with E-state index >= 15 is 0 Å². The maximum absolute atomic E-state index is 12.6. The van der Waals surface area contributed by atoms with Crippen molar-refractivity contribution < 1.29 is 37.6 Å². The van der Waals surface area contributed by atoms with E-state index in [9.17, 15) is 19.0 Å². The molecule has 0 saturated carbocycles. The topological polar surface area (TPSA) is 108 Å². The highest BCUT2D eigenvalue weighted by molar-refractivity contribution is 7.47. The Balaban J connectivity index is 4.05. The van der Waals surface area contributed by atoms with Gasteiger partial charge in [0.2, 0.25) is 0 Å². The minimum absolute atomic E-state index is 0.00685. The van der Waals surface area contributed by atoms with Crippen molar-refractivity contribution in [3.05, 3.63) is 85.1 Å².